The first-order chi connectivity index (χ1) is 9.88. The molecule has 0 saturated carbocycles. The maximum absolute atomic E-state index is 11.5. The number of nitrogens with zero attached hydrogens (tertiary/aromatic N) is 3. The molecule has 1 N–H and O–H groups in total. The lowest BCUT2D eigenvalue weighted by Gasteiger charge is -2.33. The number of aryl methyl sites for hydroxylation is 2. The number of aromatic nitrogens is 1. The average Bonchev–Trinajstić information content (AvgIpc) is 2.39. The summed E-state index contributed by atoms with van der Waals surface area (Å²) in [4.78, 5) is 20.2. The highest BCUT2D eigenvalue weighted by Gasteiger charge is 2.22. The number of pyridine rings is 1. The van der Waals surface area contributed by atoms with Crippen LogP contribution < -0.4 is 4.90 Å². The Bertz CT molecular complexity index is 522. The number of anilines is 1. The van der Waals surface area contributed by atoms with Gasteiger partial charge < -0.3 is 14.9 Å². The Balaban J connectivity index is 2.18. The van der Waals surface area contributed by atoms with Gasteiger partial charge >= 0.3 is 5.97 Å². The van der Waals surface area contributed by atoms with Crippen LogP contribution in [0.5, 0.6) is 0 Å². The molecule has 116 valence electrons. The highest BCUT2D eigenvalue weighted by Crippen LogP contribution is 2.26. The van der Waals surface area contributed by atoms with Gasteiger partial charge in [-0.1, -0.05) is 0 Å². The molecule has 21 heavy (non-hydrogen) atoms. The lowest BCUT2D eigenvalue weighted by molar-refractivity contribution is 0.0696. The molecule has 1 aliphatic heterocycles. The van der Waals surface area contributed by atoms with Crippen molar-refractivity contribution < 1.29 is 9.90 Å². The maximum Gasteiger partial charge on any atom is 0.339 e. The summed E-state index contributed by atoms with van der Waals surface area (Å²) in [6.45, 7) is 6.82. The lowest BCUT2D eigenvalue weighted by Crippen LogP contribution is -2.36. The Kier molecular flexibility index (Phi) is 4.83. The highest BCUT2D eigenvalue weighted by atomic mass is 16.4. The molecule has 0 atom stereocenters. The molecule has 1 aromatic heterocycles. The molecule has 2 rings (SSSR count). The highest BCUT2D eigenvalue weighted by molar-refractivity contribution is 5.95. The van der Waals surface area contributed by atoms with Gasteiger partial charge in [0.15, 0.2) is 0 Å². The number of hydrogen-bond acceptors (Lipinski definition) is 4. The molecule has 0 radical (unpaired) electrons. The summed E-state index contributed by atoms with van der Waals surface area (Å²) in [5.41, 5.74) is 2.57. The molecule has 0 unspecified atom stereocenters. The fraction of sp³-hybridized carbons (Fsp3) is 0.625. The van der Waals surface area contributed by atoms with Crippen LogP contribution in [0.4, 0.5) is 5.69 Å². The topological polar surface area (TPSA) is 56.7 Å². The zero-order chi connectivity index (χ0) is 15.6. The Morgan fingerprint density at radius 3 is 2.62 bits per heavy atom. The minimum Gasteiger partial charge on any atom is -0.478 e. The van der Waals surface area contributed by atoms with Gasteiger partial charge in [0.25, 0.3) is 0 Å². The molecule has 2 heterocycles. The van der Waals surface area contributed by atoms with E-state index in [0.29, 0.717) is 17.2 Å². The number of piperidine rings is 1. The van der Waals surface area contributed by atoms with Crippen molar-refractivity contribution in [3.05, 3.63) is 23.0 Å². The smallest absolute Gasteiger partial charge is 0.339 e. The minimum atomic E-state index is -0.898. The van der Waals surface area contributed by atoms with E-state index in [-0.39, 0.29) is 0 Å². The van der Waals surface area contributed by atoms with Gasteiger partial charge in [0, 0.05) is 19.3 Å². The van der Waals surface area contributed by atoms with Crippen LogP contribution in [0.25, 0.3) is 0 Å². The van der Waals surface area contributed by atoms with Gasteiger partial charge in [-0.15, -0.1) is 0 Å². The van der Waals surface area contributed by atoms with E-state index in [1.54, 1.807) is 6.92 Å². The summed E-state index contributed by atoms with van der Waals surface area (Å²) < 4.78 is 0. The van der Waals surface area contributed by atoms with E-state index in [9.17, 15) is 9.90 Å². The molecule has 5 nitrogen and oxygen atoms in total. The van der Waals surface area contributed by atoms with E-state index >= 15 is 0 Å². The van der Waals surface area contributed by atoms with E-state index in [1.807, 2.05) is 20.0 Å². The number of carbonyl (C=O) groups is 1. The van der Waals surface area contributed by atoms with E-state index < -0.39 is 5.97 Å². The first kappa shape index (κ1) is 15.8. The molecule has 1 aliphatic rings. The summed E-state index contributed by atoms with van der Waals surface area (Å²) in [7, 11) is 4.14. The van der Waals surface area contributed by atoms with E-state index in [1.165, 1.54) is 12.8 Å². The number of aromatic carboxylic acids is 1. The summed E-state index contributed by atoms with van der Waals surface area (Å²) in [5.74, 6) is -0.271. The normalized spacial score (nSPS) is 17.0. The van der Waals surface area contributed by atoms with Gasteiger partial charge in [0.1, 0.15) is 5.56 Å². The predicted molar refractivity (Wildman–Crippen MR) is 84.2 cm³/mol. The second-order valence-corrected chi connectivity index (χ2v) is 6.18. The van der Waals surface area contributed by atoms with Crippen molar-refractivity contribution >= 4 is 11.7 Å². The summed E-state index contributed by atoms with van der Waals surface area (Å²) >= 11 is 0. The molecule has 5 heteroatoms. The monoisotopic (exact) mass is 291 g/mol. The van der Waals surface area contributed by atoms with Crippen LogP contribution in [0.1, 0.15) is 34.6 Å². The second-order valence-electron chi connectivity index (χ2n) is 6.18. The molecule has 1 fully saturated rings. The molecule has 1 aromatic rings. The van der Waals surface area contributed by atoms with Crippen LogP contribution in [0, 0.1) is 19.8 Å². The van der Waals surface area contributed by atoms with Gasteiger partial charge in [-0.25, -0.2) is 4.79 Å². The molecule has 0 bridgehead atoms. The fourth-order valence-electron chi connectivity index (χ4n) is 3.10. The minimum absolute atomic E-state index is 0.330. The third kappa shape index (κ3) is 3.73. The van der Waals surface area contributed by atoms with Crippen LogP contribution in [0.3, 0.4) is 0 Å². The maximum atomic E-state index is 11.5. The Hall–Kier alpha value is -1.62. The fourth-order valence-corrected chi connectivity index (χ4v) is 3.10. The van der Waals surface area contributed by atoms with Crippen molar-refractivity contribution in [1.29, 1.82) is 0 Å². The Labute approximate surface area is 126 Å². The van der Waals surface area contributed by atoms with Gasteiger partial charge in [0.05, 0.1) is 11.4 Å². The quantitative estimate of drug-likeness (QED) is 0.921. The lowest BCUT2D eigenvalue weighted by atomic mass is 9.96. The van der Waals surface area contributed by atoms with Crippen LogP contribution in [0.2, 0.25) is 0 Å². The van der Waals surface area contributed by atoms with E-state index in [2.05, 4.69) is 21.8 Å². The Morgan fingerprint density at radius 1 is 1.43 bits per heavy atom. The Morgan fingerprint density at radius 2 is 2.05 bits per heavy atom. The molecule has 0 amide bonds. The number of likely N-dealkylation sites (tertiary alicyclic amines) is 1. The molecule has 1 saturated heterocycles. The zero-order valence-electron chi connectivity index (χ0n) is 13.4. The van der Waals surface area contributed by atoms with Crippen LogP contribution in [-0.2, 0) is 0 Å². The first-order valence-electron chi connectivity index (χ1n) is 7.49. The first-order valence-corrected chi connectivity index (χ1v) is 7.49. The largest absolute Gasteiger partial charge is 0.478 e. The van der Waals surface area contributed by atoms with Gasteiger partial charge in [-0.3, -0.25) is 4.98 Å². The van der Waals surface area contributed by atoms with Crippen molar-refractivity contribution in [2.24, 2.45) is 5.92 Å². The summed E-state index contributed by atoms with van der Waals surface area (Å²) in [6.07, 6.45) is 2.35. The number of hydrogen-bond donors (Lipinski definition) is 1. The second kappa shape index (κ2) is 6.43. The van der Waals surface area contributed by atoms with Crippen molar-refractivity contribution in [2.75, 3.05) is 38.6 Å². The molecular formula is C16H25N3O2. The zero-order valence-corrected chi connectivity index (χ0v) is 13.4. The van der Waals surface area contributed by atoms with Gasteiger partial charge in [-0.2, -0.15) is 0 Å². The number of rotatable bonds is 4. The van der Waals surface area contributed by atoms with Gasteiger partial charge in [0.2, 0.25) is 0 Å². The van der Waals surface area contributed by atoms with Gasteiger partial charge in [-0.05, 0) is 58.8 Å². The molecule has 0 aliphatic carbocycles. The summed E-state index contributed by atoms with van der Waals surface area (Å²) in [5, 5.41) is 9.45. The van der Waals surface area contributed by atoms with Crippen molar-refractivity contribution in [3.8, 4) is 0 Å². The number of carboxylic acid groups (broad SMARTS) is 1. The third-order valence-corrected chi connectivity index (χ3v) is 4.30. The van der Waals surface area contributed by atoms with Crippen molar-refractivity contribution in [1.82, 2.24) is 9.88 Å². The van der Waals surface area contributed by atoms with E-state index in [4.69, 9.17) is 0 Å². The van der Waals surface area contributed by atoms with Crippen LogP contribution in [0.15, 0.2) is 6.07 Å². The molecular weight excluding hydrogens is 266 g/mol. The van der Waals surface area contributed by atoms with Crippen LogP contribution in [-0.4, -0.2) is 54.7 Å². The number of carboxylic acids is 1. The van der Waals surface area contributed by atoms with Crippen molar-refractivity contribution in [3.63, 3.8) is 0 Å². The van der Waals surface area contributed by atoms with Crippen LogP contribution >= 0.6 is 0 Å². The van der Waals surface area contributed by atoms with Crippen molar-refractivity contribution in [2.45, 2.75) is 26.7 Å². The third-order valence-electron chi connectivity index (χ3n) is 4.30. The summed E-state index contributed by atoms with van der Waals surface area (Å²) in [6, 6.07) is 1.88. The molecule has 0 spiro atoms. The predicted octanol–water partition coefficient (Wildman–Crippen LogP) is 2.17. The van der Waals surface area contributed by atoms with E-state index in [0.717, 1.165) is 31.0 Å². The SMILES string of the molecule is Cc1cc(N(C)CC2CCN(C)CC2)c(C(=O)O)c(C)n1. The standard InChI is InChI=1S/C16H25N3O2/c1-11-9-14(15(16(20)21)12(2)17-11)19(4)10-13-5-7-18(3)8-6-13/h9,13H,5-8,10H2,1-4H3,(H,20,21). The average molecular weight is 291 g/mol. The molecule has 0 aromatic carbocycles.